The predicted octanol–water partition coefficient (Wildman–Crippen LogP) is 0.950. The summed E-state index contributed by atoms with van der Waals surface area (Å²) >= 11 is 0. The number of benzene rings is 1. The Balaban J connectivity index is 1.44. The second-order valence-electron chi connectivity index (χ2n) is 7.43. The van der Waals surface area contributed by atoms with E-state index < -0.39 is 0 Å². The lowest BCUT2D eigenvalue weighted by Gasteiger charge is -2.24. The van der Waals surface area contributed by atoms with Crippen LogP contribution in [0.1, 0.15) is 29.1 Å². The first kappa shape index (κ1) is 17.9. The first-order valence-corrected chi connectivity index (χ1v) is 9.24. The van der Waals surface area contributed by atoms with Crippen LogP contribution >= 0.6 is 0 Å². The SMILES string of the molecule is COc1ccc(Cc2ncc3c(n2)CN(C(=O)[C@@H]2C[C@H](N)CN2C)C3)cc1. The van der Waals surface area contributed by atoms with Gasteiger partial charge in [-0.15, -0.1) is 0 Å². The van der Waals surface area contributed by atoms with Gasteiger partial charge in [0, 0.05) is 37.3 Å². The second kappa shape index (κ2) is 7.25. The van der Waals surface area contributed by atoms with Crippen LogP contribution in [0, 0.1) is 0 Å². The molecule has 1 saturated heterocycles. The highest BCUT2D eigenvalue weighted by Gasteiger charge is 2.37. The molecule has 0 radical (unpaired) electrons. The topological polar surface area (TPSA) is 84.6 Å². The summed E-state index contributed by atoms with van der Waals surface area (Å²) in [7, 11) is 3.62. The van der Waals surface area contributed by atoms with Crippen LogP contribution in [0.2, 0.25) is 0 Å². The third-order valence-electron chi connectivity index (χ3n) is 5.40. The van der Waals surface area contributed by atoms with Crippen LogP contribution in [0.5, 0.6) is 5.75 Å². The molecule has 2 N–H and O–H groups in total. The van der Waals surface area contributed by atoms with E-state index in [9.17, 15) is 4.79 Å². The van der Waals surface area contributed by atoms with Gasteiger partial charge in [-0.05, 0) is 31.2 Å². The van der Waals surface area contributed by atoms with Gasteiger partial charge in [0.1, 0.15) is 11.6 Å². The number of aromatic nitrogens is 2. The molecule has 2 aliphatic rings. The van der Waals surface area contributed by atoms with Gasteiger partial charge >= 0.3 is 0 Å². The highest BCUT2D eigenvalue weighted by atomic mass is 16.5. The molecule has 3 heterocycles. The first-order valence-electron chi connectivity index (χ1n) is 9.24. The summed E-state index contributed by atoms with van der Waals surface area (Å²) in [5.74, 6) is 1.74. The average Bonchev–Trinajstić information content (AvgIpc) is 3.24. The molecule has 0 aliphatic carbocycles. The summed E-state index contributed by atoms with van der Waals surface area (Å²) < 4.78 is 5.19. The van der Waals surface area contributed by atoms with Crippen LogP contribution < -0.4 is 10.5 Å². The Labute approximate surface area is 159 Å². The van der Waals surface area contributed by atoms with Crippen molar-refractivity contribution in [3.05, 3.63) is 53.1 Å². The number of carbonyl (C=O) groups is 1. The Morgan fingerprint density at radius 1 is 1.30 bits per heavy atom. The molecule has 7 heteroatoms. The van der Waals surface area contributed by atoms with Crippen molar-refractivity contribution >= 4 is 5.91 Å². The number of hydrogen-bond donors (Lipinski definition) is 1. The Morgan fingerprint density at radius 3 is 2.74 bits per heavy atom. The van der Waals surface area contributed by atoms with E-state index in [1.54, 1.807) is 7.11 Å². The van der Waals surface area contributed by atoms with Crippen molar-refractivity contribution in [3.8, 4) is 5.75 Å². The first-order chi connectivity index (χ1) is 13.0. The van der Waals surface area contributed by atoms with E-state index in [1.165, 1.54) is 0 Å². The Bertz CT molecular complexity index is 839. The fourth-order valence-electron chi connectivity index (χ4n) is 3.90. The van der Waals surface area contributed by atoms with Crippen LogP contribution in [-0.4, -0.2) is 58.5 Å². The predicted molar refractivity (Wildman–Crippen MR) is 101 cm³/mol. The number of carbonyl (C=O) groups excluding carboxylic acids is 1. The second-order valence-corrected chi connectivity index (χ2v) is 7.43. The fourth-order valence-corrected chi connectivity index (χ4v) is 3.90. The molecule has 0 saturated carbocycles. The number of nitrogens with zero attached hydrogens (tertiary/aromatic N) is 4. The number of rotatable bonds is 4. The van der Waals surface area contributed by atoms with Gasteiger partial charge < -0.3 is 15.4 Å². The van der Waals surface area contributed by atoms with Crippen LogP contribution in [0.25, 0.3) is 0 Å². The van der Waals surface area contributed by atoms with Crippen molar-refractivity contribution in [2.45, 2.75) is 38.0 Å². The molecule has 4 rings (SSSR count). The summed E-state index contributed by atoms with van der Waals surface area (Å²) in [4.78, 5) is 26.0. The maximum Gasteiger partial charge on any atom is 0.240 e. The Kier molecular flexibility index (Phi) is 4.80. The van der Waals surface area contributed by atoms with E-state index in [1.807, 2.05) is 42.4 Å². The highest BCUT2D eigenvalue weighted by Crippen LogP contribution is 2.25. The van der Waals surface area contributed by atoms with Gasteiger partial charge in [0.05, 0.1) is 25.4 Å². The summed E-state index contributed by atoms with van der Waals surface area (Å²) in [6.45, 7) is 1.89. The molecule has 1 aromatic heterocycles. The van der Waals surface area contributed by atoms with Gasteiger partial charge in [0.15, 0.2) is 0 Å². The summed E-state index contributed by atoms with van der Waals surface area (Å²) in [5.41, 5.74) is 9.12. The zero-order valence-corrected chi connectivity index (χ0v) is 15.8. The van der Waals surface area contributed by atoms with Crippen molar-refractivity contribution in [1.82, 2.24) is 19.8 Å². The van der Waals surface area contributed by atoms with Crippen LogP contribution in [0.15, 0.2) is 30.5 Å². The third kappa shape index (κ3) is 3.65. The number of fused-ring (bicyclic) bond motifs is 1. The maximum atomic E-state index is 12.9. The van der Waals surface area contributed by atoms with Crippen molar-refractivity contribution in [2.75, 3.05) is 20.7 Å². The summed E-state index contributed by atoms with van der Waals surface area (Å²) in [6, 6.07) is 7.86. The van der Waals surface area contributed by atoms with E-state index in [0.29, 0.717) is 19.5 Å². The van der Waals surface area contributed by atoms with E-state index >= 15 is 0 Å². The monoisotopic (exact) mass is 367 g/mol. The smallest absolute Gasteiger partial charge is 0.240 e. The zero-order valence-electron chi connectivity index (χ0n) is 15.8. The Hall–Kier alpha value is -2.51. The minimum Gasteiger partial charge on any atom is -0.497 e. The number of hydrogen-bond acceptors (Lipinski definition) is 6. The number of ether oxygens (including phenoxy) is 1. The summed E-state index contributed by atoms with van der Waals surface area (Å²) in [5, 5.41) is 0. The normalized spacial score (nSPS) is 22.1. The zero-order chi connectivity index (χ0) is 19.0. The van der Waals surface area contributed by atoms with Crippen molar-refractivity contribution in [1.29, 1.82) is 0 Å². The molecular formula is C20H25N5O2. The third-order valence-corrected chi connectivity index (χ3v) is 5.40. The van der Waals surface area contributed by atoms with E-state index in [4.69, 9.17) is 15.5 Å². The van der Waals surface area contributed by atoms with Gasteiger partial charge in [-0.3, -0.25) is 9.69 Å². The lowest BCUT2D eigenvalue weighted by atomic mass is 10.1. The molecule has 142 valence electrons. The molecule has 1 aromatic carbocycles. The molecule has 0 unspecified atom stereocenters. The molecule has 1 fully saturated rings. The molecule has 2 atom stereocenters. The average molecular weight is 367 g/mol. The molecule has 2 aliphatic heterocycles. The molecular weight excluding hydrogens is 342 g/mol. The van der Waals surface area contributed by atoms with E-state index in [0.717, 1.165) is 41.4 Å². The summed E-state index contributed by atoms with van der Waals surface area (Å²) in [6.07, 6.45) is 3.24. The highest BCUT2D eigenvalue weighted by molar-refractivity contribution is 5.82. The van der Waals surface area contributed by atoms with Gasteiger partial charge in [-0.25, -0.2) is 9.97 Å². The van der Waals surface area contributed by atoms with Gasteiger partial charge in [0.2, 0.25) is 5.91 Å². The van der Waals surface area contributed by atoms with Gasteiger partial charge in [0.25, 0.3) is 0 Å². The largest absolute Gasteiger partial charge is 0.497 e. The number of amides is 1. The quantitative estimate of drug-likeness (QED) is 0.866. The minimum absolute atomic E-state index is 0.0739. The van der Waals surface area contributed by atoms with Crippen molar-refractivity contribution in [2.24, 2.45) is 5.73 Å². The number of nitrogens with two attached hydrogens (primary N) is 1. The number of methoxy groups -OCH3 is 1. The molecule has 7 nitrogen and oxygen atoms in total. The lowest BCUT2D eigenvalue weighted by molar-refractivity contribution is -0.136. The number of likely N-dealkylation sites (N-methyl/N-ethyl adjacent to an activating group) is 1. The van der Waals surface area contributed by atoms with E-state index in [2.05, 4.69) is 9.88 Å². The molecule has 0 bridgehead atoms. The maximum absolute atomic E-state index is 12.9. The lowest BCUT2D eigenvalue weighted by Crippen LogP contribution is -2.41. The Morgan fingerprint density at radius 2 is 2.07 bits per heavy atom. The molecule has 27 heavy (non-hydrogen) atoms. The van der Waals surface area contributed by atoms with Crippen LogP contribution in [-0.2, 0) is 24.3 Å². The fraction of sp³-hybridized carbons (Fsp3) is 0.450. The number of likely N-dealkylation sites (tertiary alicyclic amines) is 1. The molecule has 2 aromatic rings. The van der Waals surface area contributed by atoms with Gasteiger partial charge in [-0.2, -0.15) is 0 Å². The molecule has 1 amide bonds. The molecule has 0 spiro atoms. The minimum atomic E-state index is -0.124. The van der Waals surface area contributed by atoms with Crippen LogP contribution in [0.4, 0.5) is 0 Å². The van der Waals surface area contributed by atoms with Crippen molar-refractivity contribution < 1.29 is 9.53 Å². The van der Waals surface area contributed by atoms with Crippen molar-refractivity contribution in [3.63, 3.8) is 0 Å². The van der Waals surface area contributed by atoms with E-state index in [-0.39, 0.29) is 18.0 Å². The standard InChI is InChI=1S/C20H25N5O2/c1-24-11-15(21)8-18(24)20(26)25-10-14-9-22-19(23-17(14)12-25)7-13-3-5-16(27-2)6-4-13/h3-6,9,15,18H,7-8,10-12,21H2,1-2H3/t15-,18-/m0/s1. The van der Waals surface area contributed by atoms with Gasteiger partial charge in [-0.1, -0.05) is 12.1 Å². The van der Waals surface area contributed by atoms with Crippen LogP contribution in [0.3, 0.4) is 0 Å².